The lowest BCUT2D eigenvalue weighted by molar-refractivity contribution is -0.137. The van der Waals surface area contributed by atoms with Gasteiger partial charge in [-0.05, 0) is 36.6 Å². The monoisotopic (exact) mass is 444 g/mol. The number of benzene rings is 2. The molecule has 2 aliphatic rings. The van der Waals surface area contributed by atoms with Crippen LogP contribution in [0.1, 0.15) is 34.5 Å². The normalized spacial score (nSPS) is 23.9. The fourth-order valence-electron chi connectivity index (χ4n) is 4.77. The van der Waals surface area contributed by atoms with Gasteiger partial charge in [-0.15, -0.1) is 0 Å². The van der Waals surface area contributed by atoms with Gasteiger partial charge in [0, 0.05) is 30.1 Å². The summed E-state index contributed by atoms with van der Waals surface area (Å²) >= 11 is 0. The van der Waals surface area contributed by atoms with E-state index in [-0.39, 0.29) is 24.0 Å². The number of nitrogens with one attached hydrogen (secondary N) is 2. The van der Waals surface area contributed by atoms with Gasteiger partial charge in [-0.2, -0.15) is 18.3 Å². The number of alkyl halides is 3. The molecule has 0 radical (unpaired) electrons. The van der Waals surface area contributed by atoms with Gasteiger partial charge in [0.15, 0.2) is 5.69 Å². The van der Waals surface area contributed by atoms with E-state index in [1.807, 2.05) is 24.3 Å². The average Bonchev–Trinajstić information content (AvgIpc) is 3.18. The maximum atomic E-state index is 12.9. The number of aromatic amines is 1. The number of fused-ring (bicyclic) bond motifs is 3. The Morgan fingerprint density at radius 2 is 1.78 bits per heavy atom. The lowest BCUT2D eigenvalue weighted by atomic mass is 9.89. The highest BCUT2D eigenvalue weighted by Crippen LogP contribution is 2.32. The summed E-state index contributed by atoms with van der Waals surface area (Å²) in [5.41, 5.74) is 1.39. The van der Waals surface area contributed by atoms with E-state index in [0.29, 0.717) is 38.3 Å². The van der Waals surface area contributed by atoms with E-state index >= 15 is 0 Å². The van der Waals surface area contributed by atoms with Crippen LogP contribution < -0.4 is 5.32 Å². The largest absolute Gasteiger partial charge is 0.416 e. The number of morpholine rings is 1. The van der Waals surface area contributed by atoms with Gasteiger partial charge in [-0.1, -0.05) is 30.3 Å². The highest BCUT2D eigenvalue weighted by molar-refractivity contribution is 6.04. The Balaban J connectivity index is 1.26. The molecule has 9 heteroatoms. The maximum absolute atomic E-state index is 12.9. The van der Waals surface area contributed by atoms with Crippen LogP contribution in [-0.2, 0) is 17.5 Å². The fraction of sp³-hybridized carbons (Fsp3) is 0.391. The molecule has 0 aliphatic carbocycles. The number of hydrogen-bond donors (Lipinski definition) is 2. The third kappa shape index (κ3) is 4.10. The number of amides is 1. The second-order valence-electron chi connectivity index (χ2n) is 8.47. The summed E-state index contributed by atoms with van der Waals surface area (Å²) in [6.45, 7) is 1.63. The van der Waals surface area contributed by atoms with Gasteiger partial charge in [0.25, 0.3) is 5.91 Å². The van der Waals surface area contributed by atoms with Gasteiger partial charge in [-0.25, -0.2) is 0 Å². The summed E-state index contributed by atoms with van der Waals surface area (Å²) in [6.07, 6.45) is -2.91. The number of carbonyl (C=O) groups excluding carboxylic acids is 1. The number of halogens is 3. The van der Waals surface area contributed by atoms with Crippen LogP contribution in [0.5, 0.6) is 0 Å². The zero-order valence-electron chi connectivity index (χ0n) is 17.2. The summed E-state index contributed by atoms with van der Waals surface area (Å²) in [5.74, 6) is -0.206. The molecule has 0 spiro atoms. The molecule has 3 aromatic rings. The van der Waals surface area contributed by atoms with E-state index < -0.39 is 11.7 Å². The number of carbonyl (C=O) groups is 1. The van der Waals surface area contributed by atoms with E-state index in [0.717, 1.165) is 28.6 Å². The molecule has 2 fully saturated rings. The van der Waals surface area contributed by atoms with Crippen molar-refractivity contribution in [3.8, 4) is 0 Å². The van der Waals surface area contributed by atoms with Crippen LogP contribution in [0.15, 0.2) is 48.5 Å². The first-order chi connectivity index (χ1) is 15.4. The van der Waals surface area contributed by atoms with Crippen LogP contribution in [0, 0.1) is 0 Å². The molecule has 2 aliphatic heterocycles. The Bertz CT molecular complexity index is 1100. The van der Waals surface area contributed by atoms with Crippen LogP contribution in [0.2, 0.25) is 0 Å². The first-order valence-corrected chi connectivity index (χ1v) is 10.6. The van der Waals surface area contributed by atoms with E-state index in [1.54, 1.807) is 0 Å². The van der Waals surface area contributed by atoms with Crippen LogP contribution in [0.25, 0.3) is 10.9 Å². The lowest BCUT2D eigenvalue weighted by Gasteiger charge is -2.48. The Morgan fingerprint density at radius 1 is 1.09 bits per heavy atom. The van der Waals surface area contributed by atoms with Gasteiger partial charge < -0.3 is 10.1 Å². The molecule has 168 valence electrons. The minimum atomic E-state index is -4.33. The molecule has 2 aromatic carbocycles. The summed E-state index contributed by atoms with van der Waals surface area (Å²) in [4.78, 5) is 15.2. The van der Waals surface area contributed by atoms with Crippen LogP contribution >= 0.6 is 0 Å². The maximum Gasteiger partial charge on any atom is 0.416 e. The van der Waals surface area contributed by atoms with Crippen molar-refractivity contribution >= 4 is 16.8 Å². The summed E-state index contributed by atoms with van der Waals surface area (Å²) in [6, 6.07) is 13.0. The van der Waals surface area contributed by atoms with E-state index in [4.69, 9.17) is 4.74 Å². The van der Waals surface area contributed by atoms with Crippen LogP contribution in [0.4, 0.5) is 13.2 Å². The number of para-hydroxylation sites is 1. The van der Waals surface area contributed by atoms with Crippen molar-refractivity contribution < 1.29 is 22.7 Å². The highest BCUT2D eigenvalue weighted by Gasteiger charge is 2.40. The Hall–Kier alpha value is -2.91. The second kappa shape index (κ2) is 8.22. The van der Waals surface area contributed by atoms with E-state index in [2.05, 4.69) is 20.4 Å². The quantitative estimate of drug-likeness (QED) is 0.643. The molecule has 3 heterocycles. The minimum Gasteiger partial charge on any atom is -0.378 e. The molecule has 1 aromatic heterocycles. The van der Waals surface area contributed by atoms with Gasteiger partial charge in [0.2, 0.25) is 0 Å². The molecule has 32 heavy (non-hydrogen) atoms. The zero-order chi connectivity index (χ0) is 22.3. The third-order valence-electron chi connectivity index (χ3n) is 6.34. The van der Waals surface area contributed by atoms with Crippen LogP contribution in [-0.4, -0.2) is 52.3 Å². The highest BCUT2D eigenvalue weighted by atomic mass is 19.4. The van der Waals surface area contributed by atoms with Crippen molar-refractivity contribution in [2.75, 3.05) is 13.2 Å². The van der Waals surface area contributed by atoms with Gasteiger partial charge in [0.1, 0.15) is 0 Å². The summed E-state index contributed by atoms with van der Waals surface area (Å²) in [7, 11) is 0. The number of nitrogens with zero attached hydrogens (tertiary/aromatic N) is 2. The molecule has 2 saturated heterocycles. The smallest absolute Gasteiger partial charge is 0.378 e. The molecule has 3 atom stereocenters. The number of aromatic nitrogens is 2. The molecule has 0 saturated carbocycles. The average molecular weight is 444 g/mol. The number of piperidine rings is 1. The van der Waals surface area contributed by atoms with Crippen molar-refractivity contribution in [1.29, 1.82) is 0 Å². The molecule has 1 amide bonds. The van der Waals surface area contributed by atoms with Crippen molar-refractivity contribution in [2.24, 2.45) is 0 Å². The summed E-state index contributed by atoms with van der Waals surface area (Å²) in [5, 5.41) is 11.0. The second-order valence-corrected chi connectivity index (χ2v) is 8.47. The molecular formula is C23H23F3N4O2. The number of ether oxygens (including phenoxy) is 1. The topological polar surface area (TPSA) is 70.2 Å². The number of rotatable bonds is 4. The van der Waals surface area contributed by atoms with Crippen molar-refractivity contribution in [3.63, 3.8) is 0 Å². The van der Waals surface area contributed by atoms with Crippen molar-refractivity contribution in [3.05, 3.63) is 65.4 Å². The van der Waals surface area contributed by atoms with Gasteiger partial charge >= 0.3 is 6.18 Å². The Labute approximate surface area is 182 Å². The summed E-state index contributed by atoms with van der Waals surface area (Å²) < 4.78 is 44.2. The van der Waals surface area contributed by atoms with E-state index in [9.17, 15) is 18.0 Å². The standard InChI is InChI=1S/C23H23F3N4O2/c24-23(25,26)15-7-5-14(6-8-15)11-30-17-9-16(10-18(30)13-32-12-17)27-22(31)21-19-3-1-2-4-20(19)28-29-21/h1-8,16-18H,9-13H2,(H,27,31)(H,28,29)/t16-,17-,18+. The predicted octanol–water partition coefficient (Wildman–Crippen LogP) is 3.74. The SMILES string of the molecule is O=C(N[C@H]1C[C@H]2COC[C@@H](C1)N2Cc1ccc(C(F)(F)F)cc1)c1n[nH]c2ccccc12. The Morgan fingerprint density at radius 3 is 2.47 bits per heavy atom. The van der Waals surface area contributed by atoms with Crippen LogP contribution in [0.3, 0.4) is 0 Å². The minimum absolute atomic E-state index is 0.0132. The number of H-pyrrole nitrogens is 1. The molecule has 2 bridgehead atoms. The number of hydrogen-bond acceptors (Lipinski definition) is 4. The molecular weight excluding hydrogens is 421 g/mol. The molecule has 0 unspecified atom stereocenters. The van der Waals surface area contributed by atoms with Crippen molar-refractivity contribution in [2.45, 2.75) is 43.7 Å². The zero-order valence-corrected chi connectivity index (χ0v) is 17.2. The first-order valence-electron chi connectivity index (χ1n) is 10.6. The molecule has 5 rings (SSSR count). The van der Waals surface area contributed by atoms with Crippen molar-refractivity contribution in [1.82, 2.24) is 20.4 Å². The third-order valence-corrected chi connectivity index (χ3v) is 6.34. The van der Waals surface area contributed by atoms with Gasteiger partial charge in [-0.3, -0.25) is 14.8 Å². The predicted molar refractivity (Wildman–Crippen MR) is 112 cm³/mol. The van der Waals surface area contributed by atoms with Gasteiger partial charge in [0.05, 0.1) is 24.3 Å². The molecule has 6 nitrogen and oxygen atoms in total. The fourth-order valence-corrected chi connectivity index (χ4v) is 4.77. The Kier molecular flexibility index (Phi) is 5.38. The molecule has 2 N–H and O–H groups in total. The van der Waals surface area contributed by atoms with E-state index in [1.165, 1.54) is 12.1 Å². The first kappa shape index (κ1) is 21.0. The lowest BCUT2D eigenvalue weighted by Crippen LogP contribution is -2.60.